The minimum Gasteiger partial charge on any atom is -0.462 e. The van der Waals surface area contributed by atoms with Crippen molar-refractivity contribution in [3.8, 4) is 0 Å². The summed E-state index contributed by atoms with van der Waals surface area (Å²) in [6, 6.07) is 0.550. The van der Waals surface area contributed by atoms with Gasteiger partial charge in [0.05, 0.1) is 6.42 Å². The van der Waals surface area contributed by atoms with Crippen molar-refractivity contribution in [2.75, 3.05) is 20.1 Å². The van der Waals surface area contributed by atoms with Gasteiger partial charge in [-0.2, -0.15) is 0 Å². The topological polar surface area (TPSA) is 93.5 Å². The van der Waals surface area contributed by atoms with Crippen LogP contribution >= 0.6 is 0 Å². The fraction of sp³-hybridized carbons (Fsp3) is 0.875. The van der Waals surface area contributed by atoms with Crippen LogP contribution in [0.3, 0.4) is 0 Å². The average Bonchev–Trinajstić information content (AvgIpc) is 2.52. The molecule has 6 heteroatoms. The Labute approximate surface area is 133 Å². The normalized spacial score (nSPS) is 21.4. The Morgan fingerprint density at radius 2 is 1.82 bits per heavy atom. The van der Waals surface area contributed by atoms with Gasteiger partial charge in [-0.15, -0.1) is 0 Å². The molecule has 1 saturated carbocycles. The summed E-state index contributed by atoms with van der Waals surface area (Å²) in [5, 5.41) is 6.02. The second kappa shape index (κ2) is 11.4. The molecule has 4 N–H and O–H groups in total. The maximum Gasteiger partial charge on any atom is 0.307 e. The zero-order valence-electron chi connectivity index (χ0n) is 13.7. The lowest BCUT2D eigenvalue weighted by Crippen LogP contribution is -2.34. The Kier molecular flexibility index (Phi) is 9.82. The molecule has 0 unspecified atom stereocenters. The first-order valence-electron chi connectivity index (χ1n) is 8.49. The van der Waals surface area contributed by atoms with E-state index in [4.69, 9.17) is 10.5 Å². The largest absolute Gasteiger partial charge is 0.462 e. The molecule has 0 bridgehead atoms. The van der Waals surface area contributed by atoms with E-state index < -0.39 is 0 Å². The number of nitrogens with two attached hydrogens (primary N) is 1. The van der Waals surface area contributed by atoms with Crippen molar-refractivity contribution in [1.29, 1.82) is 0 Å². The van der Waals surface area contributed by atoms with E-state index in [1.165, 1.54) is 0 Å². The van der Waals surface area contributed by atoms with Crippen molar-refractivity contribution in [2.24, 2.45) is 5.73 Å². The van der Waals surface area contributed by atoms with E-state index in [2.05, 4.69) is 10.6 Å². The van der Waals surface area contributed by atoms with Crippen LogP contribution in [0.1, 0.15) is 57.8 Å². The van der Waals surface area contributed by atoms with E-state index in [1.807, 2.05) is 7.05 Å². The highest BCUT2D eigenvalue weighted by Gasteiger charge is 2.22. The zero-order chi connectivity index (χ0) is 16.2. The van der Waals surface area contributed by atoms with Gasteiger partial charge in [0.15, 0.2) is 0 Å². The van der Waals surface area contributed by atoms with Gasteiger partial charge in [-0.3, -0.25) is 9.59 Å². The van der Waals surface area contributed by atoms with Gasteiger partial charge in [0.1, 0.15) is 6.10 Å². The van der Waals surface area contributed by atoms with E-state index in [0.29, 0.717) is 25.6 Å². The quantitative estimate of drug-likeness (QED) is 0.414. The monoisotopic (exact) mass is 313 g/mol. The van der Waals surface area contributed by atoms with Crippen molar-refractivity contribution in [3.63, 3.8) is 0 Å². The molecule has 0 radical (unpaired) electrons. The highest BCUT2D eigenvalue weighted by Crippen LogP contribution is 2.21. The third-order valence-corrected chi connectivity index (χ3v) is 4.14. The second-order valence-electron chi connectivity index (χ2n) is 5.95. The zero-order valence-corrected chi connectivity index (χ0v) is 13.7. The van der Waals surface area contributed by atoms with Gasteiger partial charge in [-0.25, -0.2) is 0 Å². The molecule has 0 aromatic carbocycles. The number of amides is 1. The summed E-state index contributed by atoms with van der Waals surface area (Å²) in [4.78, 5) is 23.3. The van der Waals surface area contributed by atoms with E-state index in [1.54, 1.807) is 0 Å². The number of carbonyl (C=O) groups excluding carboxylic acids is 2. The minimum absolute atomic E-state index is 0.000602. The predicted octanol–water partition coefficient (Wildman–Crippen LogP) is 1.09. The van der Waals surface area contributed by atoms with Gasteiger partial charge >= 0.3 is 5.97 Å². The predicted molar refractivity (Wildman–Crippen MR) is 86.3 cm³/mol. The maximum atomic E-state index is 11.7. The SMILES string of the molecule is CNC1CCC(OC(=O)CCNC(=O)CCCCCN)CC1. The van der Waals surface area contributed by atoms with Crippen molar-refractivity contribution in [1.82, 2.24) is 10.6 Å². The summed E-state index contributed by atoms with van der Waals surface area (Å²) in [6.07, 6.45) is 7.52. The van der Waals surface area contributed by atoms with Gasteiger partial charge in [0, 0.05) is 19.0 Å². The molecule has 1 amide bonds. The molecule has 0 aromatic heterocycles. The molecular formula is C16H31N3O3. The Morgan fingerprint density at radius 3 is 2.45 bits per heavy atom. The standard InChI is InChI=1S/C16H31N3O3/c1-18-13-6-8-14(9-7-13)22-16(21)10-12-19-15(20)5-3-2-4-11-17/h13-14,18H,2-12,17H2,1H3,(H,19,20). The molecule has 0 saturated heterocycles. The van der Waals surface area contributed by atoms with Crippen LogP contribution < -0.4 is 16.4 Å². The van der Waals surface area contributed by atoms with E-state index in [0.717, 1.165) is 44.9 Å². The molecule has 0 heterocycles. The number of carbonyl (C=O) groups is 2. The fourth-order valence-corrected chi connectivity index (χ4v) is 2.71. The van der Waals surface area contributed by atoms with Crippen molar-refractivity contribution < 1.29 is 14.3 Å². The smallest absolute Gasteiger partial charge is 0.307 e. The Bertz CT molecular complexity index is 329. The Morgan fingerprint density at radius 1 is 1.09 bits per heavy atom. The lowest BCUT2D eigenvalue weighted by Gasteiger charge is -2.27. The first-order chi connectivity index (χ1) is 10.7. The number of rotatable bonds is 10. The molecule has 22 heavy (non-hydrogen) atoms. The molecule has 0 aromatic rings. The number of hydrogen-bond acceptors (Lipinski definition) is 5. The van der Waals surface area contributed by atoms with Gasteiger partial charge in [0.2, 0.25) is 5.91 Å². The Balaban J connectivity index is 2.02. The number of hydrogen-bond donors (Lipinski definition) is 3. The van der Waals surface area contributed by atoms with Crippen LogP contribution in [0, 0.1) is 0 Å². The summed E-state index contributed by atoms with van der Waals surface area (Å²) in [6.45, 7) is 1.03. The highest BCUT2D eigenvalue weighted by atomic mass is 16.5. The van der Waals surface area contributed by atoms with Crippen LogP contribution in [0.25, 0.3) is 0 Å². The van der Waals surface area contributed by atoms with Crippen molar-refractivity contribution in [3.05, 3.63) is 0 Å². The van der Waals surface area contributed by atoms with Crippen LogP contribution in [0.2, 0.25) is 0 Å². The molecule has 1 aliphatic carbocycles. The lowest BCUT2D eigenvalue weighted by molar-refractivity contribution is -0.150. The number of nitrogens with one attached hydrogen (secondary N) is 2. The molecule has 0 spiro atoms. The van der Waals surface area contributed by atoms with Crippen LogP contribution in [-0.4, -0.2) is 44.2 Å². The van der Waals surface area contributed by atoms with Crippen molar-refractivity contribution in [2.45, 2.75) is 69.9 Å². The third-order valence-electron chi connectivity index (χ3n) is 4.14. The van der Waals surface area contributed by atoms with Gasteiger partial charge < -0.3 is 21.1 Å². The molecular weight excluding hydrogens is 282 g/mol. The Hall–Kier alpha value is -1.14. The molecule has 0 aliphatic heterocycles. The molecule has 6 nitrogen and oxygen atoms in total. The number of ether oxygens (including phenoxy) is 1. The second-order valence-corrected chi connectivity index (χ2v) is 5.95. The number of unbranched alkanes of at least 4 members (excludes halogenated alkanes) is 2. The third kappa shape index (κ3) is 8.34. The summed E-state index contributed by atoms with van der Waals surface area (Å²) in [7, 11) is 1.97. The number of esters is 1. The molecule has 1 fully saturated rings. The van der Waals surface area contributed by atoms with Crippen LogP contribution in [0.5, 0.6) is 0 Å². The van der Waals surface area contributed by atoms with Crippen LogP contribution in [0.4, 0.5) is 0 Å². The van der Waals surface area contributed by atoms with E-state index in [9.17, 15) is 9.59 Å². The lowest BCUT2D eigenvalue weighted by atomic mass is 9.93. The summed E-state index contributed by atoms with van der Waals surface area (Å²) >= 11 is 0. The summed E-state index contributed by atoms with van der Waals surface area (Å²) in [5.74, 6) is -0.212. The minimum atomic E-state index is -0.212. The first kappa shape index (κ1) is 18.9. The van der Waals surface area contributed by atoms with E-state index >= 15 is 0 Å². The van der Waals surface area contributed by atoms with Gasteiger partial charge in [-0.1, -0.05) is 6.42 Å². The fourth-order valence-electron chi connectivity index (χ4n) is 2.71. The van der Waals surface area contributed by atoms with Gasteiger partial charge in [0.25, 0.3) is 0 Å². The summed E-state index contributed by atoms with van der Waals surface area (Å²) in [5.41, 5.74) is 5.40. The van der Waals surface area contributed by atoms with E-state index in [-0.39, 0.29) is 24.4 Å². The molecule has 128 valence electrons. The average molecular weight is 313 g/mol. The molecule has 1 aliphatic rings. The summed E-state index contributed by atoms with van der Waals surface area (Å²) < 4.78 is 5.45. The van der Waals surface area contributed by atoms with Crippen LogP contribution in [-0.2, 0) is 14.3 Å². The molecule has 0 atom stereocenters. The van der Waals surface area contributed by atoms with Crippen molar-refractivity contribution >= 4 is 11.9 Å². The highest BCUT2D eigenvalue weighted by molar-refractivity contribution is 5.77. The molecule has 1 rings (SSSR count). The first-order valence-corrected chi connectivity index (χ1v) is 8.49. The van der Waals surface area contributed by atoms with Gasteiger partial charge in [-0.05, 0) is 52.1 Å². The maximum absolute atomic E-state index is 11.7. The van der Waals surface area contributed by atoms with Crippen LogP contribution in [0.15, 0.2) is 0 Å².